The quantitative estimate of drug-likeness (QED) is 0.796. The topological polar surface area (TPSA) is 42.4 Å². The van der Waals surface area contributed by atoms with E-state index in [0.29, 0.717) is 24.3 Å². The minimum absolute atomic E-state index is 0.107. The predicted molar refractivity (Wildman–Crippen MR) is 74.0 cm³/mol. The van der Waals surface area contributed by atoms with Crippen LogP contribution in [0.3, 0.4) is 0 Å². The van der Waals surface area contributed by atoms with E-state index in [2.05, 4.69) is 27.0 Å². The molecule has 4 atom stereocenters. The monoisotopic (exact) mass is 322 g/mol. The highest BCUT2D eigenvalue weighted by molar-refractivity contribution is 9.10. The maximum absolute atomic E-state index is 12.6. The maximum atomic E-state index is 12.6. The van der Waals surface area contributed by atoms with E-state index in [1.807, 2.05) is 11.8 Å². The van der Waals surface area contributed by atoms with Gasteiger partial charge < -0.3 is 4.74 Å². The fraction of sp³-hybridized carbons (Fsp3) is 0.571. The van der Waals surface area contributed by atoms with Gasteiger partial charge in [0, 0.05) is 34.6 Å². The van der Waals surface area contributed by atoms with E-state index in [4.69, 9.17) is 4.74 Å². The van der Waals surface area contributed by atoms with Crippen LogP contribution >= 0.6 is 15.9 Å². The number of nitrogens with zero attached hydrogens (tertiary/aromatic N) is 2. The molecule has 1 saturated heterocycles. The Morgan fingerprint density at radius 1 is 1.42 bits per heavy atom. The van der Waals surface area contributed by atoms with Crippen molar-refractivity contribution in [1.29, 1.82) is 0 Å². The van der Waals surface area contributed by atoms with Gasteiger partial charge in [0.05, 0.1) is 19.1 Å². The zero-order chi connectivity index (χ0) is 13.1. The van der Waals surface area contributed by atoms with Crippen molar-refractivity contribution in [2.45, 2.75) is 12.8 Å². The maximum Gasteiger partial charge on any atom is 0.232 e. The molecule has 5 heteroatoms. The van der Waals surface area contributed by atoms with Crippen LogP contribution in [0.5, 0.6) is 0 Å². The second-order valence-corrected chi connectivity index (χ2v) is 6.48. The van der Waals surface area contributed by atoms with E-state index >= 15 is 0 Å². The number of pyridine rings is 1. The average molecular weight is 323 g/mol. The molecule has 1 aromatic heterocycles. The Hall–Kier alpha value is -0.940. The van der Waals surface area contributed by atoms with Crippen LogP contribution in [-0.2, 0) is 9.53 Å². The third kappa shape index (κ3) is 1.43. The van der Waals surface area contributed by atoms with Crippen molar-refractivity contribution in [2.24, 2.45) is 17.8 Å². The first kappa shape index (κ1) is 11.9. The number of carbonyl (C=O) groups excluding carboxylic acids is 1. The number of amides is 1. The summed E-state index contributed by atoms with van der Waals surface area (Å²) in [6, 6.07) is 2.13. The lowest BCUT2D eigenvalue weighted by atomic mass is 9.54. The Balaban J connectivity index is 1.86. The van der Waals surface area contributed by atoms with E-state index in [9.17, 15) is 4.79 Å². The standard InChI is InChI=1S/C14H15BrN2O2/c1-2-17-13-8(3-7(15)4-16-13)11-9-5-19-6-10(9)12(11)14(17)18/h3-4,9-12H,2,5-6H2,1H3/t9?,10?,11-,12?/m0/s1. The van der Waals surface area contributed by atoms with Crippen LogP contribution < -0.4 is 4.90 Å². The van der Waals surface area contributed by atoms with E-state index in [1.54, 1.807) is 6.20 Å². The summed E-state index contributed by atoms with van der Waals surface area (Å²) in [5, 5.41) is 0. The normalized spacial score (nSPS) is 35.5. The van der Waals surface area contributed by atoms with Crippen LogP contribution in [-0.4, -0.2) is 30.6 Å². The lowest BCUT2D eigenvalue weighted by Crippen LogP contribution is -2.57. The van der Waals surface area contributed by atoms with E-state index in [0.717, 1.165) is 23.5 Å². The van der Waals surface area contributed by atoms with Gasteiger partial charge in [-0.2, -0.15) is 0 Å². The van der Waals surface area contributed by atoms with Crippen LogP contribution in [0.4, 0.5) is 5.82 Å². The van der Waals surface area contributed by atoms with Crippen molar-refractivity contribution in [3.8, 4) is 0 Å². The minimum atomic E-state index is 0.107. The minimum Gasteiger partial charge on any atom is -0.381 e. The molecular formula is C14H15BrN2O2. The van der Waals surface area contributed by atoms with Gasteiger partial charge in [-0.15, -0.1) is 0 Å². The molecular weight excluding hydrogens is 308 g/mol. The zero-order valence-electron chi connectivity index (χ0n) is 10.7. The Labute approximate surface area is 120 Å². The van der Waals surface area contributed by atoms with Gasteiger partial charge in [0.25, 0.3) is 0 Å². The third-order valence-corrected chi connectivity index (χ3v) is 5.26. The molecule has 4 nitrogen and oxygen atoms in total. The molecule has 0 N–H and O–H groups in total. The molecule has 4 rings (SSSR count). The zero-order valence-corrected chi connectivity index (χ0v) is 12.3. The predicted octanol–water partition coefficient (Wildman–Crippen LogP) is 2.19. The molecule has 2 aliphatic heterocycles. The molecule has 3 unspecified atom stereocenters. The smallest absolute Gasteiger partial charge is 0.232 e. The summed E-state index contributed by atoms with van der Waals surface area (Å²) >= 11 is 3.49. The lowest BCUT2D eigenvalue weighted by molar-refractivity contribution is -0.132. The number of rotatable bonds is 1. The second kappa shape index (κ2) is 4.03. The molecule has 1 saturated carbocycles. The number of carbonyl (C=O) groups is 1. The summed E-state index contributed by atoms with van der Waals surface area (Å²) in [6.07, 6.45) is 1.77. The van der Waals surface area contributed by atoms with Gasteiger partial charge in [-0.1, -0.05) is 0 Å². The molecule has 1 aromatic rings. The van der Waals surface area contributed by atoms with Crippen LogP contribution in [0.15, 0.2) is 16.7 Å². The highest BCUT2D eigenvalue weighted by Crippen LogP contribution is 2.59. The molecule has 100 valence electrons. The van der Waals surface area contributed by atoms with Crippen molar-refractivity contribution in [1.82, 2.24) is 4.98 Å². The van der Waals surface area contributed by atoms with Gasteiger partial charge in [-0.05, 0) is 34.8 Å². The van der Waals surface area contributed by atoms with Crippen molar-refractivity contribution >= 4 is 27.7 Å². The van der Waals surface area contributed by atoms with Crippen molar-refractivity contribution in [3.05, 3.63) is 22.3 Å². The Morgan fingerprint density at radius 2 is 2.16 bits per heavy atom. The molecule has 1 aliphatic carbocycles. The van der Waals surface area contributed by atoms with Crippen LogP contribution in [0.25, 0.3) is 0 Å². The number of hydrogen-bond acceptors (Lipinski definition) is 3. The summed E-state index contributed by atoms with van der Waals surface area (Å²) in [7, 11) is 0. The SMILES string of the molecule is CCN1C(=O)C2C3COCC3[C@@H]2c2cc(Br)cnc21. The first-order valence-electron chi connectivity index (χ1n) is 6.77. The first-order valence-corrected chi connectivity index (χ1v) is 7.56. The van der Waals surface area contributed by atoms with Crippen LogP contribution in [0.1, 0.15) is 18.4 Å². The van der Waals surface area contributed by atoms with E-state index in [-0.39, 0.29) is 11.8 Å². The van der Waals surface area contributed by atoms with Crippen molar-refractivity contribution < 1.29 is 9.53 Å². The highest BCUT2D eigenvalue weighted by atomic mass is 79.9. The molecule has 0 aromatic carbocycles. The summed E-state index contributed by atoms with van der Waals surface area (Å²) in [4.78, 5) is 18.9. The van der Waals surface area contributed by atoms with Gasteiger partial charge >= 0.3 is 0 Å². The van der Waals surface area contributed by atoms with Crippen LogP contribution in [0.2, 0.25) is 0 Å². The lowest BCUT2D eigenvalue weighted by Gasteiger charge is -2.52. The van der Waals surface area contributed by atoms with E-state index in [1.165, 1.54) is 5.56 Å². The second-order valence-electron chi connectivity index (χ2n) is 5.57. The van der Waals surface area contributed by atoms with Gasteiger partial charge in [0.2, 0.25) is 5.91 Å². The number of ether oxygens (including phenoxy) is 1. The number of fused-ring (bicyclic) bond motifs is 6. The van der Waals surface area contributed by atoms with Gasteiger partial charge in [0.15, 0.2) is 0 Å². The number of hydrogen-bond donors (Lipinski definition) is 0. The number of halogens is 1. The highest BCUT2D eigenvalue weighted by Gasteiger charge is 2.60. The van der Waals surface area contributed by atoms with Gasteiger partial charge in [-0.3, -0.25) is 9.69 Å². The molecule has 1 amide bonds. The van der Waals surface area contributed by atoms with Crippen LogP contribution in [0, 0.1) is 17.8 Å². The molecule has 2 fully saturated rings. The average Bonchev–Trinajstić information content (AvgIpc) is 2.76. The number of aromatic nitrogens is 1. The molecule has 0 radical (unpaired) electrons. The summed E-state index contributed by atoms with van der Waals surface area (Å²) in [6.45, 7) is 4.22. The van der Waals surface area contributed by atoms with Gasteiger partial charge in [0.1, 0.15) is 5.82 Å². The fourth-order valence-corrected chi connectivity index (χ4v) is 4.33. The summed E-state index contributed by atoms with van der Waals surface area (Å²) in [5.41, 5.74) is 1.22. The van der Waals surface area contributed by atoms with Crippen molar-refractivity contribution in [2.75, 3.05) is 24.7 Å². The largest absolute Gasteiger partial charge is 0.381 e. The number of anilines is 1. The van der Waals surface area contributed by atoms with E-state index < -0.39 is 0 Å². The van der Waals surface area contributed by atoms with Crippen molar-refractivity contribution in [3.63, 3.8) is 0 Å². The Morgan fingerprint density at radius 3 is 2.89 bits per heavy atom. The Bertz CT molecular complexity index is 562. The summed E-state index contributed by atoms with van der Waals surface area (Å²) in [5.74, 6) is 2.42. The Kier molecular flexibility index (Phi) is 2.51. The molecule has 19 heavy (non-hydrogen) atoms. The fourth-order valence-electron chi connectivity index (χ4n) is 3.98. The molecule has 0 spiro atoms. The molecule has 3 aliphatic rings. The molecule has 0 bridgehead atoms. The van der Waals surface area contributed by atoms with Gasteiger partial charge in [-0.25, -0.2) is 4.98 Å². The first-order chi connectivity index (χ1) is 9.22. The summed E-state index contributed by atoms with van der Waals surface area (Å²) < 4.78 is 6.57. The molecule has 3 heterocycles. The third-order valence-electron chi connectivity index (χ3n) is 4.82.